The van der Waals surface area contributed by atoms with Crippen molar-refractivity contribution in [1.29, 1.82) is 0 Å². The fraction of sp³-hybridized carbons (Fsp3) is 0.625. The second kappa shape index (κ2) is 4.36. The standard InChI is InChI=1S/C16H23NO/c1-12-8-9-14(17(12)3)10-16(2)15-7-5-4-6-13(15)11-18-16/h4-7,12,14H,8-11H2,1-3H3. The predicted octanol–water partition coefficient (Wildman–Crippen LogP) is 3.30. The van der Waals surface area contributed by atoms with E-state index >= 15 is 0 Å². The molecule has 0 N–H and O–H groups in total. The summed E-state index contributed by atoms with van der Waals surface area (Å²) < 4.78 is 6.13. The molecule has 0 spiro atoms. The Balaban J connectivity index is 1.81. The maximum atomic E-state index is 6.13. The highest BCUT2D eigenvalue weighted by Gasteiger charge is 2.40. The average Bonchev–Trinajstić information content (AvgIpc) is 2.86. The van der Waals surface area contributed by atoms with E-state index in [1.54, 1.807) is 0 Å². The topological polar surface area (TPSA) is 12.5 Å². The first-order chi connectivity index (χ1) is 8.60. The Morgan fingerprint density at radius 1 is 1.33 bits per heavy atom. The molecule has 3 atom stereocenters. The first kappa shape index (κ1) is 12.2. The van der Waals surface area contributed by atoms with Gasteiger partial charge in [0.05, 0.1) is 12.2 Å². The molecule has 0 aliphatic carbocycles. The average molecular weight is 245 g/mol. The number of nitrogens with zero attached hydrogens (tertiary/aromatic N) is 1. The highest BCUT2D eigenvalue weighted by molar-refractivity contribution is 5.35. The molecule has 1 aromatic carbocycles. The molecule has 0 radical (unpaired) electrons. The number of hydrogen-bond acceptors (Lipinski definition) is 2. The van der Waals surface area contributed by atoms with Gasteiger partial charge in [0.25, 0.3) is 0 Å². The summed E-state index contributed by atoms with van der Waals surface area (Å²) in [4.78, 5) is 2.52. The number of likely N-dealkylation sites (tertiary alicyclic amines) is 1. The zero-order chi connectivity index (χ0) is 12.8. The zero-order valence-electron chi connectivity index (χ0n) is 11.6. The van der Waals surface area contributed by atoms with Crippen LogP contribution in [-0.2, 0) is 16.9 Å². The van der Waals surface area contributed by atoms with Crippen molar-refractivity contribution in [3.63, 3.8) is 0 Å². The molecule has 1 saturated heterocycles. The van der Waals surface area contributed by atoms with Gasteiger partial charge in [0.15, 0.2) is 0 Å². The van der Waals surface area contributed by atoms with Gasteiger partial charge in [-0.15, -0.1) is 0 Å². The molecule has 0 bridgehead atoms. The fourth-order valence-electron chi connectivity index (χ4n) is 3.54. The van der Waals surface area contributed by atoms with Crippen LogP contribution in [0.15, 0.2) is 24.3 Å². The second-order valence-electron chi connectivity index (χ2n) is 6.13. The van der Waals surface area contributed by atoms with Crippen molar-refractivity contribution < 1.29 is 4.74 Å². The van der Waals surface area contributed by atoms with Crippen molar-refractivity contribution in [1.82, 2.24) is 4.90 Å². The zero-order valence-corrected chi connectivity index (χ0v) is 11.6. The third kappa shape index (κ3) is 1.88. The van der Waals surface area contributed by atoms with Crippen molar-refractivity contribution in [2.24, 2.45) is 0 Å². The quantitative estimate of drug-likeness (QED) is 0.792. The van der Waals surface area contributed by atoms with Gasteiger partial charge in [-0.25, -0.2) is 0 Å². The third-order valence-corrected chi connectivity index (χ3v) is 4.95. The number of ether oxygens (including phenoxy) is 1. The smallest absolute Gasteiger partial charge is 0.0926 e. The normalized spacial score (nSPS) is 35.9. The van der Waals surface area contributed by atoms with Crippen LogP contribution in [0, 0.1) is 0 Å². The Kier molecular flexibility index (Phi) is 2.95. The van der Waals surface area contributed by atoms with E-state index in [-0.39, 0.29) is 5.60 Å². The molecule has 0 saturated carbocycles. The summed E-state index contributed by atoms with van der Waals surface area (Å²) in [6, 6.07) is 10.1. The fourth-order valence-corrected chi connectivity index (χ4v) is 3.54. The molecular weight excluding hydrogens is 222 g/mol. The van der Waals surface area contributed by atoms with Crippen molar-refractivity contribution in [2.75, 3.05) is 7.05 Å². The van der Waals surface area contributed by atoms with Gasteiger partial charge in [-0.1, -0.05) is 24.3 Å². The summed E-state index contributed by atoms with van der Waals surface area (Å²) in [5.41, 5.74) is 2.69. The van der Waals surface area contributed by atoms with Gasteiger partial charge < -0.3 is 9.64 Å². The molecule has 2 aliphatic heterocycles. The van der Waals surface area contributed by atoms with Crippen LogP contribution >= 0.6 is 0 Å². The predicted molar refractivity (Wildman–Crippen MR) is 73.4 cm³/mol. The van der Waals surface area contributed by atoms with E-state index < -0.39 is 0 Å². The summed E-state index contributed by atoms with van der Waals surface area (Å²) in [5.74, 6) is 0. The van der Waals surface area contributed by atoms with Crippen LogP contribution in [0.3, 0.4) is 0 Å². The van der Waals surface area contributed by atoms with Crippen molar-refractivity contribution in [3.8, 4) is 0 Å². The first-order valence-electron chi connectivity index (χ1n) is 7.04. The lowest BCUT2D eigenvalue weighted by molar-refractivity contribution is -0.0435. The second-order valence-corrected chi connectivity index (χ2v) is 6.13. The Morgan fingerprint density at radius 2 is 2.11 bits per heavy atom. The Morgan fingerprint density at radius 3 is 2.83 bits per heavy atom. The SMILES string of the molecule is CC1CCC(CC2(C)OCc3ccccc32)N1C. The van der Waals surface area contributed by atoms with Gasteiger partial charge in [0.1, 0.15) is 0 Å². The van der Waals surface area contributed by atoms with E-state index in [0.29, 0.717) is 6.04 Å². The van der Waals surface area contributed by atoms with Gasteiger partial charge in [0.2, 0.25) is 0 Å². The van der Waals surface area contributed by atoms with Gasteiger partial charge in [0, 0.05) is 12.1 Å². The lowest BCUT2D eigenvalue weighted by Crippen LogP contribution is -2.36. The molecule has 2 heteroatoms. The monoisotopic (exact) mass is 245 g/mol. The number of hydrogen-bond donors (Lipinski definition) is 0. The largest absolute Gasteiger partial charge is 0.366 e. The minimum Gasteiger partial charge on any atom is -0.366 e. The summed E-state index contributed by atoms with van der Waals surface area (Å²) >= 11 is 0. The van der Waals surface area contributed by atoms with E-state index in [1.807, 2.05) is 0 Å². The molecule has 0 aromatic heterocycles. The van der Waals surface area contributed by atoms with Crippen LogP contribution < -0.4 is 0 Å². The summed E-state index contributed by atoms with van der Waals surface area (Å²) in [5, 5.41) is 0. The van der Waals surface area contributed by atoms with Crippen molar-refractivity contribution in [3.05, 3.63) is 35.4 Å². The van der Waals surface area contributed by atoms with Gasteiger partial charge in [-0.05, 0) is 51.3 Å². The molecular formula is C16H23NO. The van der Waals surface area contributed by atoms with Crippen LogP contribution in [0.4, 0.5) is 0 Å². The lowest BCUT2D eigenvalue weighted by Gasteiger charge is -2.32. The van der Waals surface area contributed by atoms with Crippen molar-refractivity contribution in [2.45, 2.75) is 57.4 Å². The molecule has 1 fully saturated rings. The Labute approximate surface area is 110 Å². The van der Waals surface area contributed by atoms with E-state index in [9.17, 15) is 0 Å². The summed E-state index contributed by atoms with van der Waals surface area (Å²) in [7, 11) is 2.26. The number of fused-ring (bicyclic) bond motifs is 1. The lowest BCUT2D eigenvalue weighted by atomic mass is 9.87. The molecule has 3 rings (SSSR count). The van der Waals surface area contributed by atoms with E-state index in [1.165, 1.54) is 24.0 Å². The van der Waals surface area contributed by atoms with E-state index in [0.717, 1.165) is 19.1 Å². The molecule has 2 heterocycles. The molecule has 3 unspecified atom stereocenters. The van der Waals surface area contributed by atoms with Gasteiger partial charge >= 0.3 is 0 Å². The first-order valence-corrected chi connectivity index (χ1v) is 7.04. The van der Waals surface area contributed by atoms with Gasteiger partial charge in [-0.2, -0.15) is 0 Å². The highest BCUT2D eigenvalue weighted by Crippen LogP contribution is 2.42. The summed E-state index contributed by atoms with van der Waals surface area (Å²) in [6.07, 6.45) is 3.74. The highest BCUT2D eigenvalue weighted by atomic mass is 16.5. The van der Waals surface area contributed by atoms with Crippen LogP contribution in [0.5, 0.6) is 0 Å². The van der Waals surface area contributed by atoms with Gasteiger partial charge in [-0.3, -0.25) is 0 Å². The molecule has 1 aromatic rings. The van der Waals surface area contributed by atoms with Crippen LogP contribution in [0.1, 0.15) is 44.2 Å². The van der Waals surface area contributed by atoms with E-state index in [2.05, 4.69) is 50.1 Å². The molecule has 18 heavy (non-hydrogen) atoms. The minimum atomic E-state index is -0.0837. The maximum Gasteiger partial charge on any atom is 0.0926 e. The van der Waals surface area contributed by atoms with Crippen LogP contribution in [0.2, 0.25) is 0 Å². The molecule has 2 aliphatic rings. The van der Waals surface area contributed by atoms with Crippen LogP contribution in [-0.4, -0.2) is 24.0 Å². The number of benzene rings is 1. The van der Waals surface area contributed by atoms with Crippen LogP contribution in [0.25, 0.3) is 0 Å². The minimum absolute atomic E-state index is 0.0837. The Bertz CT molecular complexity index is 444. The molecule has 98 valence electrons. The number of rotatable bonds is 2. The third-order valence-electron chi connectivity index (χ3n) is 4.95. The van der Waals surface area contributed by atoms with E-state index in [4.69, 9.17) is 4.74 Å². The van der Waals surface area contributed by atoms with Crippen molar-refractivity contribution >= 4 is 0 Å². The molecule has 0 amide bonds. The molecule has 2 nitrogen and oxygen atoms in total. The Hall–Kier alpha value is -0.860. The summed E-state index contributed by atoms with van der Waals surface area (Å²) in [6.45, 7) is 5.36. The maximum absolute atomic E-state index is 6.13.